The lowest BCUT2D eigenvalue weighted by molar-refractivity contribution is -0.122. The zero-order valence-electron chi connectivity index (χ0n) is 9.81. The number of rotatable bonds is 7. The number of unbranched alkanes of at least 4 members (excludes halogenated alkanes) is 3. The third kappa shape index (κ3) is 8.02. The summed E-state index contributed by atoms with van der Waals surface area (Å²) in [5.74, 6) is 2.57. The van der Waals surface area contributed by atoms with Crippen LogP contribution in [0.3, 0.4) is 0 Å². The number of carbonyl (C=O) groups excluding carboxylic acids is 1. The van der Waals surface area contributed by atoms with Gasteiger partial charge in [-0.15, -0.1) is 6.42 Å². The van der Waals surface area contributed by atoms with E-state index in [1.807, 2.05) is 13.8 Å². The monoisotopic (exact) mass is 210 g/mol. The molecular formula is C12H22N2O. The minimum absolute atomic E-state index is 0.0331. The molecule has 0 rings (SSSR count). The Morgan fingerprint density at radius 2 is 1.93 bits per heavy atom. The molecule has 0 spiro atoms. The summed E-state index contributed by atoms with van der Waals surface area (Å²) in [5.41, 5.74) is 4.84. The van der Waals surface area contributed by atoms with Gasteiger partial charge in [-0.05, 0) is 33.2 Å². The quantitative estimate of drug-likeness (QED) is 0.493. The molecule has 86 valence electrons. The summed E-state index contributed by atoms with van der Waals surface area (Å²) in [6, 6.07) is 0. The first-order chi connectivity index (χ1) is 7.02. The molecule has 15 heavy (non-hydrogen) atoms. The minimum atomic E-state index is -0.533. The Bertz CT molecular complexity index is 228. The first-order valence-corrected chi connectivity index (χ1v) is 5.50. The predicted octanol–water partition coefficient (Wildman–Crippen LogP) is 1.42. The number of hydrogen-bond acceptors (Lipinski definition) is 2. The van der Waals surface area contributed by atoms with Gasteiger partial charge >= 0.3 is 0 Å². The Morgan fingerprint density at radius 3 is 2.47 bits per heavy atom. The second-order valence-corrected chi connectivity index (χ2v) is 4.27. The summed E-state index contributed by atoms with van der Waals surface area (Å²) in [6.45, 7) is 4.37. The maximum absolute atomic E-state index is 11.4. The van der Waals surface area contributed by atoms with E-state index in [0.717, 1.165) is 32.2 Å². The van der Waals surface area contributed by atoms with E-state index in [0.29, 0.717) is 6.42 Å². The average Bonchev–Trinajstić information content (AvgIpc) is 2.17. The standard InChI is InChI=1S/C12H22N2O/c1-4-12(2,3)14-11(15)9-7-5-6-8-10-13/h1H,5-10,13H2,2-3H3,(H,14,15). The fourth-order valence-electron chi connectivity index (χ4n) is 1.23. The van der Waals surface area contributed by atoms with Gasteiger partial charge in [0.05, 0.1) is 5.54 Å². The second kappa shape index (κ2) is 7.30. The zero-order chi connectivity index (χ0) is 11.7. The summed E-state index contributed by atoms with van der Waals surface area (Å²) in [7, 11) is 0. The van der Waals surface area contributed by atoms with Gasteiger partial charge in [-0.2, -0.15) is 0 Å². The lowest BCUT2D eigenvalue weighted by Gasteiger charge is -2.19. The summed E-state index contributed by atoms with van der Waals surface area (Å²) in [6.07, 6.45) is 9.93. The van der Waals surface area contributed by atoms with Gasteiger partial charge in [-0.3, -0.25) is 4.79 Å². The Labute approximate surface area is 92.8 Å². The largest absolute Gasteiger partial charge is 0.340 e. The van der Waals surface area contributed by atoms with Crippen LogP contribution in [0.25, 0.3) is 0 Å². The fourth-order valence-corrected chi connectivity index (χ4v) is 1.23. The highest BCUT2D eigenvalue weighted by Crippen LogP contribution is 2.04. The highest BCUT2D eigenvalue weighted by atomic mass is 16.1. The Kier molecular flexibility index (Phi) is 6.81. The molecule has 3 N–H and O–H groups in total. The lowest BCUT2D eigenvalue weighted by Crippen LogP contribution is -2.41. The van der Waals surface area contributed by atoms with Crippen molar-refractivity contribution in [3.63, 3.8) is 0 Å². The molecule has 3 nitrogen and oxygen atoms in total. The molecule has 0 bridgehead atoms. The van der Waals surface area contributed by atoms with Crippen LogP contribution in [0, 0.1) is 12.3 Å². The number of amides is 1. The van der Waals surface area contributed by atoms with Crippen LogP contribution in [0.5, 0.6) is 0 Å². The van der Waals surface area contributed by atoms with Crippen LogP contribution in [0.15, 0.2) is 0 Å². The van der Waals surface area contributed by atoms with Crippen LogP contribution in [-0.4, -0.2) is 18.0 Å². The van der Waals surface area contributed by atoms with Crippen molar-refractivity contribution in [3.05, 3.63) is 0 Å². The molecule has 0 radical (unpaired) electrons. The van der Waals surface area contributed by atoms with Crippen molar-refractivity contribution in [2.45, 2.75) is 51.5 Å². The van der Waals surface area contributed by atoms with Gasteiger partial charge in [0.2, 0.25) is 5.91 Å². The number of terminal acetylenes is 1. The Balaban J connectivity index is 3.55. The van der Waals surface area contributed by atoms with Gasteiger partial charge in [0.15, 0.2) is 0 Å². The summed E-state index contributed by atoms with van der Waals surface area (Å²) >= 11 is 0. The molecule has 0 aliphatic heterocycles. The summed E-state index contributed by atoms with van der Waals surface area (Å²) < 4.78 is 0. The smallest absolute Gasteiger partial charge is 0.221 e. The van der Waals surface area contributed by atoms with Crippen molar-refractivity contribution < 1.29 is 4.79 Å². The van der Waals surface area contributed by atoms with Gasteiger partial charge in [0, 0.05) is 6.42 Å². The highest BCUT2D eigenvalue weighted by Gasteiger charge is 2.15. The van der Waals surface area contributed by atoms with E-state index in [9.17, 15) is 4.79 Å². The SMILES string of the molecule is C#CC(C)(C)NC(=O)CCCCCCN. The van der Waals surface area contributed by atoms with E-state index >= 15 is 0 Å². The minimum Gasteiger partial charge on any atom is -0.340 e. The van der Waals surface area contributed by atoms with E-state index in [-0.39, 0.29) is 5.91 Å². The van der Waals surface area contributed by atoms with Gasteiger partial charge in [-0.25, -0.2) is 0 Å². The molecular weight excluding hydrogens is 188 g/mol. The van der Waals surface area contributed by atoms with Gasteiger partial charge in [-0.1, -0.05) is 18.8 Å². The molecule has 0 unspecified atom stereocenters. The third-order valence-electron chi connectivity index (χ3n) is 2.17. The first-order valence-electron chi connectivity index (χ1n) is 5.50. The molecule has 0 heterocycles. The molecule has 0 saturated carbocycles. The second-order valence-electron chi connectivity index (χ2n) is 4.27. The molecule has 0 aromatic carbocycles. The molecule has 0 aromatic rings. The molecule has 0 aliphatic carbocycles. The Morgan fingerprint density at radius 1 is 1.33 bits per heavy atom. The number of nitrogens with two attached hydrogens (primary N) is 1. The first kappa shape index (κ1) is 14.0. The zero-order valence-corrected chi connectivity index (χ0v) is 9.81. The van der Waals surface area contributed by atoms with Crippen molar-refractivity contribution in [3.8, 4) is 12.3 Å². The number of hydrogen-bond donors (Lipinski definition) is 2. The third-order valence-corrected chi connectivity index (χ3v) is 2.17. The molecule has 0 atom stereocenters. The molecule has 0 fully saturated rings. The maximum Gasteiger partial charge on any atom is 0.221 e. The van der Waals surface area contributed by atoms with E-state index in [1.165, 1.54) is 0 Å². The molecule has 0 aromatic heterocycles. The normalized spacial score (nSPS) is 10.8. The Hall–Kier alpha value is -1.01. The summed E-state index contributed by atoms with van der Waals surface area (Å²) in [4.78, 5) is 11.4. The van der Waals surface area contributed by atoms with Gasteiger partial charge < -0.3 is 11.1 Å². The van der Waals surface area contributed by atoms with Crippen LogP contribution in [0.1, 0.15) is 46.0 Å². The van der Waals surface area contributed by atoms with Crippen LogP contribution in [-0.2, 0) is 4.79 Å². The van der Waals surface area contributed by atoms with Crippen LogP contribution in [0.4, 0.5) is 0 Å². The average molecular weight is 210 g/mol. The molecule has 0 aliphatic rings. The fraction of sp³-hybridized carbons (Fsp3) is 0.750. The van der Waals surface area contributed by atoms with Crippen LogP contribution < -0.4 is 11.1 Å². The van der Waals surface area contributed by atoms with E-state index in [1.54, 1.807) is 0 Å². The van der Waals surface area contributed by atoms with Crippen LogP contribution >= 0.6 is 0 Å². The molecule has 3 heteroatoms. The van der Waals surface area contributed by atoms with Crippen molar-refractivity contribution >= 4 is 5.91 Å². The van der Waals surface area contributed by atoms with Crippen molar-refractivity contribution in [2.24, 2.45) is 5.73 Å². The highest BCUT2D eigenvalue weighted by molar-refractivity contribution is 5.77. The molecule has 1 amide bonds. The van der Waals surface area contributed by atoms with E-state index < -0.39 is 5.54 Å². The van der Waals surface area contributed by atoms with Crippen molar-refractivity contribution in [1.82, 2.24) is 5.32 Å². The number of nitrogens with one attached hydrogen (secondary N) is 1. The lowest BCUT2D eigenvalue weighted by atomic mass is 10.1. The number of carbonyl (C=O) groups is 1. The summed E-state index contributed by atoms with van der Waals surface area (Å²) in [5, 5.41) is 2.80. The van der Waals surface area contributed by atoms with Crippen LogP contribution in [0.2, 0.25) is 0 Å². The predicted molar refractivity (Wildman–Crippen MR) is 63.2 cm³/mol. The van der Waals surface area contributed by atoms with Crippen molar-refractivity contribution in [1.29, 1.82) is 0 Å². The molecule has 0 saturated heterocycles. The van der Waals surface area contributed by atoms with E-state index in [2.05, 4.69) is 11.2 Å². The van der Waals surface area contributed by atoms with Gasteiger partial charge in [0.1, 0.15) is 0 Å². The van der Waals surface area contributed by atoms with Gasteiger partial charge in [0.25, 0.3) is 0 Å². The van der Waals surface area contributed by atoms with Crippen molar-refractivity contribution in [2.75, 3.05) is 6.54 Å². The van der Waals surface area contributed by atoms with E-state index in [4.69, 9.17) is 12.2 Å². The topological polar surface area (TPSA) is 55.1 Å². The maximum atomic E-state index is 11.4.